The quantitative estimate of drug-likeness (QED) is 0.275. The van der Waals surface area contributed by atoms with Gasteiger partial charge in [0, 0.05) is 18.5 Å². The van der Waals surface area contributed by atoms with E-state index in [0.29, 0.717) is 24.4 Å². The minimum atomic E-state index is -0.654. The average molecular weight is 482 g/mol. The van der Waals surface area contributed by atoms with E-state index in [1.165, 1.54) is 5.56 Å². The van der Waals surface area contributed by atoms with Crippen molar-refractivity contribution in [3.05, 3.63) is 106 Å². The Kier molecular flexibility index (Phi) is 6.40. The number of carbonyl (C=O) groups excluding carboxylic acids is 2. The van der Waals surface area contributed by atoms with Gasteiger partial charge in [0.05, 0.1) is 11.6 Å². The molecule has 2 aliphatic heterocycles. The fourth-order valence-corrected chi connectivity index (χ4v) is 5.14. The third-order valence-corrected chi connectivity index (χ3v) is 7.11. The SMILES string of the molecule is CC(C)c1ccc([C@@H]2C(=C(O)c3ccc4c(c3)C[C@H](C)O4)C(=O)C(=O)N2CCc2ccccc2)cc1. The largest absolute Gasteiger partial charge is 0.507 e. The van der Waals surface area contributed by atoms with Crippen LogP contribution in [0.3, 0.4) is 0 Å². The first-order chi connectivity index (χ1) is 17.3. The Morgan fingerprint density at radius 3 is 2.44 bits per heavy atom. The van der Waals surface area contributed by atoms with Crippen LogP contribution in [0.15, 0.2) is 78.4 Å². The summed E-state index contributed by atoms with van der Waals surface area (Å²) in [6, 6.07) is 22.7. The van der Waals surface area contributed by atoms with Crippen LogP contribution in [0.5, 0.6) is 5.75 Å². The maximum atomic E-state index is 13.4. The number of likely N-dealkylation sites (tertiary alicyclic amines) is 1. The number of fused-ring (bicyclic) bond motifs is 1. The fraction of sp³-hybridized carbons (Fsp3) is 0.290. The molecule has 5 nitrogen and oxygen atoms in total. The number of amides is 1. The minimum Gasteiger partial charge on any atom is -0.507 e. The Morgan fingerprint density at radius 1 is 1.03 bits per heavy atom. The molecule has 0 saturated carbocycles. The van der Waals surface area contributed by atoms with Gasteiger partial charge in [0.1, 0.15) is 17.6 Å². The summed E-state index contributed by atoms with van der Waals surface area (Å²) in [6.07, 6.45) is 1.42. The van der Waals surface area contributed by atoms with Crippen molar-refractivity contribution < 1.29 is 19.4 Å². The van der Waals surface area contributed by atoms with Gasteiger partial charge in [-0.1, -0.05) is 68.4 Å². The van der Waals surface area contributed by atoms with E-state index in [4.69, 9.17) is 4.74 Å². The molecule has 0 bridgehead atoms. The van der Waals surface area contributed by atoms with Crippen LogP contribution in [0.4, 0.5) is 0 Å². The van der Waals surface area contributed by atoms with Gasteiger partial charge in [-0.15, -0.1) is 0 Å². The molecular formula is C31H31NO4. The zero-order chi connectivity index (χ0) is 25.4. The van der Waals surface area contributed by atoms with E-state index in [0.717, 1.165) is 28.9 Å². The van der Waals surface area contributed by atoms with E-state index in [9.17, 15) is 14.7 Å². The third kappa shape index (κ3) is 4.41. The van der Waals surface area contributed by atoms with Crippen LogP contribution in [0.2, 0.25) is 0 Å². The highest BCUT2D eigenvalue weighted by molar-refractivity contribution is 6.46. The lowest BCUT2D eigenvalue weighted by Crippen LogP contribution is -2.31. The molecule has 36 heavy (non-hydrogen) atoms. The smallest absolute Gasteiger partial charge is 0.295 e. The molecule has 0 spiro atoms. The van der Waals surface area contributed by atoms with Crippen molar-refractivity contribution in [3.8, 4) is 5.75 Å². The number of ketones is 1. The van der Waals surface area contributed by atoms with E-state index in [-0.39, 0.29) is 17.4 Å². The molecule has 1 amide bonds. The first-order valence-corrected chi connectivity index (χ1v) is 12.6. The second-order valence-corrected chi connectivity index (χ2v) is 10.0. The van der Waals surface area contributed by atoms with Gasteiger partial charge in [0.2, 0.25) is 0 Å². The van der Waals surface area contributed by atoms with E-state index < -0.39 is 17.7 Å². The third-order valence-electron chi connectivity index (χ3n) is 7.11. The van der Waals surface area contributed by atoms with Gasteiger partial charge < -0.3 is 14.7 Å². The van der Waals surface area contributed by atoms with Crippen LogP contribution in [0.1, 0.15) is 60.5 Å². The van der Waals surface area contributed by atoms with Crippen LogP contribution in [0.25, 0.3) is 5.76 Å². The van der Waals surface area contributed by atoms with Gasteiger partial charge in [0.15, 0.2) is 0 Å². The monoisotopic (exact) mass is 481 g/mol. The summed E-state index contributed by atoms with van der Waals surface area (Å²) in [4.78, 5) is 28.2. The predicted molar refractivity (Wildman–Crippen MR) is 140 cm³/mol. The lowest BCUT2D eigenvalue weighted by molar-refractivity contribution is -0.139. The average Bonchev–Trinajstić information content (AvgIpc) is 3.38. The summed E-state index contributed by atoms with van der Waals surface area (Å²) in [6.45, 7) is 6.62. The zero-order valence-electron chi connectivity index (χ0n) is 20.9. The number of ether oxygens (including phenoxy) is 1. The molecule has 2 heterocycles. The standard InChI is InChI=1S/C31H31NO4/c1-19(2)22-9-11-23(12-10-22)28-27(29(33)24-13-14-26-25(18-24)17-20(3)36-26)30(34)31(35)32(28)16-15-21-7-5-4-6-8-21/h4-14,18-20,28,33H,15-17H2,1-3H3/t20-,28+/m0/s1. The first-order valence-electron chi connectivity index (χ1n) is 12.6. The number of Topliss-reactive ketones (excluding diaryl/α,β-unsaturated/α-hetero) is 1. The number of nitrogens with zero attached hydrogens (tertiary/aromatic N) is 1. The molecule has 0 unspecified atom stereocenters. The van der Waals surface area contributed by atoms with Crippen molar-refractivity contribution in [3.63, 3.8) is 0 Å². The lowest BCUT2D eigenvalue weighted by atomic mass is 9.92. The molecule has 1 saturated heterocycles. The topological polar surface area (TPSA) is 66.8 Å². The maximum absolute atomic E-state index is 13.4. The number of hydrogen-bond acceptors (Lipinski definition) is 4. The van der Waals surface area contributed by atoms with Gasteiger partial charge in [-0.2, -0.15) is 0 Å². The molecule has 2 atom stereocenters. The summed E-state index contributed by atoms with van der Waals surface area (Å²) >= 11 is 0. The zero-order valence-corrected chi connectivity index (χ0v) is 20.9. The highest BCUT2D eigenvalue weighted by Crippen LogP contribution is 2.41. The fourth-order valence-electron chi connectivity index (χ4n) is 5.14. The molecule has 3 aromatic carbocycles. The molecule has 3 aromatic rings. The van der Waals surface area contributed by atoms with Crippen LogP contribution in [-0.4, -0.2) is 34.3 Å². The van der Waals surface area contributed by atoms with Crippen molar-refractivity contribution in [2.45, 2.75) is 51.7 Å². The summed E-state index contributed by atoms with van der Waals surface area (Å²) in [5.74, 6) is -0.217. The van der Waals surface area contributed by atoms with Crippen LogP contribution >= 0.6 is 0 Å². The van der Waals surface area contributed by atoms with Crippen LogP contribution in [0, 0.1) is 0 Å². The van der Waals surface area contributed by atoms with Crippen molar-refractivity contribution in [1.29, 1.82) is 0 Å². The van der Waals surface area contributed by atoms with Gasteiger partial charge >= 0.3 is 0 Å². The molecule has 2 aliphatic rings. The molecule has 1 fully saturated rings. The predicted octanol–water partition coefficient (Wildman–Crippen LogP) is 5.80. The van der Waals surface area contributed by atoms with Crippen molar-refractivity contribution >= 4 is 17.4 Å². The Balaban J connectivity index is 1.57. The molecule has 0 aromatic heterocycles. The van der Waals surface area contributed by atoms with Crippen LogP contribution in [-0.2, 0) is 22.4 Å². The molecule has 1 N–H and O–H groups in total. The molecule has 184 valence electrons. The number of carbonyl (C=O) groups is 2. The second-order valence-electron chi connectivity index (χ2n) is 10.0. The normalized spacial score (nSPS) is 20.6. The lowest BCUT2D eigenvalue weighted by Gasteiger charge is -2.26. The Labute approximate surface area is 212 Å². The minimum absolute atomic E-state index is 0.0698. The highest BCUT2D eigenvalue weighted by Gasteiger charge is 2.46. The van der Waals surface area contributed by atoms with E-state index in [2.05, 4.69) is 13.8 Å². The van der Waals surface area contributed by atoms with Gasteiger partial charge in [-0.3, -0.25) is 9.59 Å². The molecule has 5 heteroatoms. The van der Waals surface area contributed by atoms with Crippen LogP contribution < -0.4 is 4.74 Å². The number of rotatable bonds is 6. The number of aliphatic hydroxyl groups excluding tert-OH is 1. The Bertz CT molecular complexity index is 1320. The molecule has 0 aliphatic carbocycles. The van der Waals surface area contributed by atoms with E-state index in [1.807, 2.05) is 73.7 Å². The summed E-state index contributed by atoms with van der Waals surface area (Å²) in [5, 5.41) is 11.4. The highest BCUT2D eigenvalue weighted by atomic mass is 16.5. The van der Waals surface area contributed by atoms with Gasteiger partial charge in [-0.05, 0) is 59.7 Å². The van der Waals surface area contributed by atoms with Gasteiger partial charge in [-0.25, -0.2) is 0 Å². The molecule has 0 radical (unpaired) electrons. The molecular weight excluding hydrogens is 450 g/mol. The maximum Gasteiger partial charge on any atom is 0.295 e. The van der Waals surface area contributed by atoms with Gasteiger partial charge in [0.25, 0.3) is 11.7 Å². The number of aliphatic hydroxyl groups is 1. The number of benzene rings is 3. The van der Waals surface area contributed by atoms with E-state index >= 15 is 0 Å². The van der Waals surface area contributed by atoms with Crippen molar-refractivity contribution in [1.82, 2.24) is 4.90 Å². The summed E-state index contributed by atoms with van der Waals surface area (Å²) < 4.78 is 5.79. The summed E-state index contributed by atoms with van der Waals surface area (Å²) in [5.41, 5.74) is 4.72. The van der Waals surface area contributed by atoms with E-state index in [1.54, 1.807) is 11.0 Å². The second kappa shape index (κ2) is 9.65. The van der Waals surface area contributed by atoms with Crippen molar-refractivity contribution in [2.24, 2.45) is 0 Å². The molecule has 5 rings (SSSR count). The Hall–Kier alpha value is -3.86. The number of hydrogen-bond donors (Lipinski definition) is 1. The summed E-state index contributed by atoms with van der Waals surface area (Å²) in [7, 11) is 0. The first kappa shape index (κ1) is 23.9. The van der Waals surface area contributed by atoms with Crippen molar-refractivity contribution in [2.75, 3.05) is 6.54 Å². The Morgan fingerprint density at radius 2 is 1.75 bits per heavy atom.